The van der Waals surface area contributed by atoms with Gasteiger partial charge >= 0.3 is 0 Å². The second-order valence-corrected chi connectivity index (χ2v) is 25.2. The first-order valence-corrected chi connectivity index (χ1v) is 33.4. The Morgan fingerprint density at radius 2 is 0.460 bits per heavy atom. The fourth-order valence-electron chi connectivity index (χ4n) is 9.57. The molecule has 22 heteroatoms. The zero-order chi connectivity index (χ0) is 70.5. The molecule has 12 aromatic carbocycles. The Morgan fingerprint density at radius 1 is 0.240 bits per heavy atom. The fraction of sp³-hybridized carbons (Fsp3) is 0.0769. The zero-order valence-electron chi connectivity index (χ0n) is 55.2. The lowest BCUT2D eigenvalue weighted by Gasteiger charge is -2.17. The monoisotopic (exact) mass is 1400 g/mol. The Labute approximate surface area is 591 Å². The predicted octanol–water partition coefficient (Wildman–Crippen LogP) is 18.8. The van der Waals surface area contributed by atoms with Gasteiger partial charge in [0.15, 0.2) is 44.3 Å². The minimum absolute atomic E-state index is 0.445. The Hall–Kier alpha value is -12.0. The molecule has 0 aliphatic heterocycles. The van der Waals surface area contributed by atoms with Gasteiger partial charge in [-0.25, -0.2) is 0 Å². The van der Waals surface area contributed by atoms with Gasteiger partial charge in [0.05, 0.1) is 42.7 Å². The van der Waals surface area contributed by atoms with Crippen LogP contribution in [0.2, 0.25) is 0 Å². The van der Waals surface area contributed by atoms with Gasteiger partial charge in [0.25, 0.3) is 0 Å². The van der Waals surface area contributed by atoms with Crippen LogP contribution in [0, 0.1) is 0 Å². The number of methoxy groups -OCH3 is 6. The van der Waals surface area contributed by atoms with Crippen LogP contribution < -0.4 is 91.2 Å². The third-order valence-corrected chi connectivity index (χ3v) is 17.4. The first-order valence-electron chi connectivity index (χ1n) is 30.6. The van der Waals surface area contributed by atoms with E-state index in [0.717, 1.165) is 25.3 Å². The van der Waals surface area contributed by atoms with Gasteiger partial charge in [0.1, 0.15) is 51.7 Å². The van der Waals surface area contributed by atoms with Crippen LogP contribution in [0.1, 0.15) is 0 Å². The van der Waals surface area contributed by atoms with Gasteiger partial charge in [-0.3, -0.25) is 0 Å². The van der Waals surface area contributed by atoms with E-state index in [2.05, 4.69) is 0 Å². The van der Waals surface area contributed by atoms with Crippen molar-refractivity contribution in [3.8, 4) is 103 Å². The molecule has 12 rings (SSSR count). The van der Waals surface area contributed by atoms with Crippen LogP contribution in [-0.4, -0.2) is 47.2 Å². The van der Waals surface area contributed by atoms with Gasteiger partial charge < -0.3 is 95.8 Å². The lowest BCUT2D eigenvalue weighted by Crippen LogP contribution is -2.02. The number of hydrogen-bond acceptors (Lipinski definition) is 21. The van der Waals surface area contributed by atoms with Crippen LogP contribution in [0.3, 0.4) is 0 Å². The molecule has 19 nitrogen and oxygen atoms in total. The summed E-state index contributed by atoms with van der Waals surface area (Å²) in [4.78, 5) is 4.91. The lowest BCUT2D eigenvalue weighted by molar-refractivity contribution is 0.344. The third kappa shape index (κ3) is 19.6. The molecular weight excluding hydrogens is 1330 g/mol. The SMILES string of the molecule is COc1cc(Sc2cc(OC)c(Oc3cccc(N)c3)c(OC)c2)cc(OC)c1Oc1cccc(N)c1.COc1cc(Sc2ccc(Oc3cccc(N)c3)cc2)cc(OC)c1Oc1cccc(N)c1.Nc1cccc(Oc2cccc([S+]([O-])c3cccc(Oc4cccc(N)c4)c3)c2)c1. The molecule has 0 bridgehead atoms. The Morgan fingerprint density at radius 3 is 0.710 bits per heavy atom. The van der Waals surface area contributed by atoms with E-state index in [1.807, 2.05) is 164 Å². The molecule has 0 heterocycles. The van der Waals surface area contributed by atoms with Crippen LogP contribution in [0.15, 0.2) is 284 Å². The minimum Gasteiger partial charge on any atom is -0.606 e. The number of rotatable bonds is 24. The van der Waals surface area contributed by atoms with Crippen molar-refractivity contribution in [1.82, 2.24) is 0 Å². The highest BCUT2D eigenvalue weighted by Gasteiger charge is 2.22. The number of anilines is 6. The molecule has 0 amide bonds. The zero-order valence-corrected chi connectivity index (χ0v) is 57.7. The van der Waals surface area contributed by atoms with E-state index in [0.29, 0.717) is 142 Å². The summed E-state index contributed by atoms with van der Waals surface area (Å²) in [7, 11) is 9.48. The molecule has 0 aromatic heterocycles. The molecule has 12 aromatic rings. The summed E-state index contributed by atoms with van der Waals surface area (Å²) in [5.74, 6) is 10.1. The summed E-state index contributed by atoms with van der Waals surface area (Å²) in [6, 6.07) is 76.6. The van der Waals surface area contributed by atoms with Crippen molar-refractivity contribution in [2.45, 2.75) is 29.4 Å². The smallest absolute Gasteiger partial charge is 0.211 e. The van der Waals surface area contributed by atoms with Crippen molar-refractivity contribution in [2.75, 3.05) is 77.1 Å². The molecule has 510 valence electrons. The second kappa shape index (κ2) is 34.3. The third-order valence-electron chi connectivity index (χ3n) is 14.2. The van der Waals surface area contributed by atoms with E-state index < -0.39 is 11.2 Å². The van der Waals surface area contributed by atoms with Gasteiger partial charge in [-0.2, -0.15) is 0 Å². The van der Waals surface area contributed by atoms with Gasteiger partial charge in [0, 0.05) is 113 Å². The highest BCUT2D eigenvalue weighted by Crippen LogP contribution is 2.50. The number of hydrogen-bond donors (Lipinski definition) is 6. The molecule has 12 N–H and O–H groups in total. The van der Waals surface area contributed by atoms with Crippen molar-refractivity contribution < 1.29 is 61.4 Å². The summed E-state index contributed by atoms with van der Waals surface area (Å²) in [5, 5.41) is 0. The maximum Gasteiger partial charge on any atom is 0.211 e. The summed E-state index contributed by atoms with van der Waals surface area (Å²) in [6.45, 7) is 0. The van der Waals surface area contributed by atoms with Gasteiger partial charge in [0.2, 0.25) is 17.2 Å². The largest absolute Gasteiger partial charge is 0.606 e. The maximum atomic E-state index is 13.1. The normalized spacial score (nSPS) is 10.6. The van der Waals surface area contributed by atoms with Gasteiger partial charge in [-0.15, -0.1) is 0 Å². The quantitative estimate of drug-likeness (QED) is 0.0242. The Kier molecular flexibility index (Phi) is 24.3. The van der Waals surface area contributed by atoms with Gasteiger partial charge in [-0.05, 0) is 158 Å². The van der Waals surface area contributed by atoms with Crippen molar-refractivity contribution >= 4 is 68.8 Å². The molecule has 0 saturated heterocycles. The number of nitrogens with two attached hydrogens (primary N) is 6. The summed E-state index contributed by atoms with van der Waals surface area (Å²) in [6.07, 6.45) is 0. The fourth-order valence-corrected chi connectivity index (χ4v) is 12.5. The standard InChI is InChI=1S/C28H28N2O6S.C26H24N2O4S.C24H20N2O3S/c1-31-23-13-21(14-24(32-2)27(23)35-19-9-5-7-17(29)11-19)37-22-15-25(33-3)28(26(16-22)34-4)36-20-10-6-8-18(30)12-20;1-29-24-15-23(16-25(30-2)26(24)32-21-8-4-6-18(28)14-21)33-22-11-9-19(10-12-22)31-20-7-3-5-17(27)13-20;25-17-5-1-7-19(13-17)28-21-9-3-11-23(15-21)30(27)24-12-4-10-22(16-24)29-20-8-2-6-18(26)14-20/h5-16H,29-30H2,1-4H3;3-16H,27-28H2,1-2H3;1-16H,25-26H2. The second-order valence-electron chi connectivity index (χ2n) is 21.4. The molecule has 0 aliphatic rings. The van der Waals surface area contributed by atoms with Crippen molar-refractivity contribution in [3.63, 3.8) is 0 Å². The molecule has 0 unspecified atom stereocenters. The summed E-state index contributed by atoms with van der Waals surface area (Å²) in [5.41, 5.74) is 38.7. The summed E-state index contributed by atoms with van der Waals surface area (Å²) < 4.78 is 82.5. The molecule has 100 heavy (non-hydrogen) atoms. The molecule has 0 aliphatic carbocycles. The van der Waals surface area contributed by atoms with Gasteiger partial charge in [-0.1, -0.05) is 72.1 Å². The average molecular weight is 1400 g/mol. The first kappa shape index (κ1) is 70.8. The molecule has 0 atom stereocenters. The van der Waals surface area contributed by atoms with Crippen LogP contribution in [0.25, 0.3) is 0 Å². The van der Waals surface area contributed by atoms with E-state index in [9.17, 15) is 4.55 Å². The minimum atomic E-state index is -1.40. The van der Waals surface area contributed by atoms with Crippen molar-refractivity contribution in [3.05, 3.63) is 255 Å². The molecular formula is C78H72N6O13S3. The first-order chi connectivity index (χ1) is 48.5. The van der Waals surface area contributed by atoms with Crippen LogP contribution in [0.4, 0.5) is 34.1 Å². The number of ether oxygens (including phenoxy) is 12. The van der Waals surface area contributed by atoms with E-state index >= 15 is 0 Å². The van der Waals surface area contributed by atoms with Crippen molar-refractivity contribution in [2.24, 2.45) is 0 Å². The van der Waals surface area contributed by atoms with Crippen LogP contribution >= 0.6 is 23.5 Å². The molecule has 0 fully saturated rings. The van der Waals surface area contributed by atoms with E-state index in [1.165, 1.54) is 11.8 Å². The Bertz CT molecular complexity index is 4470. The topological polar surface area (TPSA) is 290 Å². The van der Waals surface area contributed by atoms with E-state index in [4.69, 9.17) is 91.2 Å². The molecule has 0 spiro atoms. The predicted molar refractivity (Wildman–Crippen MR) is 396 cm³/mol. The molecule has 0 radical (unpaired) electrons. The maximum absolute atomic E-state index is 13.1. The molecule has 0 saturated carbocycles. The van der Waals surface area contributed by atoms with E-state index in [1.54, 1.807) is 145 Å². The highest BCUT2D eigenvalue weighted by atomic mass is 32.2. The average Bonchev–Trinajstić information content (AvgIpc) is 0.813. The number of nitrogen functional groups attached to an aromatic ring is 6. The van der Waals surface area contributed by atoms with Crippen LogP contribution in [0.5, 0.6) is 103 Å². The number of benzene rings is 12. The van der Waals surface area contributed by atoms with E-state index in [-0.39, 0.29) is 0 Å². The van der Waals surface area contributed by atoms with Crippen LogP contribution in [-0.2, 0) is 11.2 Å². The summed E-state index contributed by atoms with van der Waals surface area (Å²) >= 11 is 1.64. The highest BCUT2D eigenvalue weighted by molar-refractivity contribution is 7.99. The lowest BCUT2D eigenvalue weighted by atomic mass is 10.2. The Balaban J connectivity index is 0.000000163. The van der Waals surface area contributed by atoms with Crippen molar-refractivity contribution in [1.29, 1.82) is 0 Å².